The zero-order valence-electron chi connectivity index (χ0n) is 16.5. The van der Waals surface area contributed by atoms with Crippen molar-refractivity contribution in [3.05, 3.63) is 36.3 Å². The molecule has 0 radical (unpaired) electrons. The number of rotatable bonds is 5. The lowest BCUT2D eigenvalue weighted by Gasteiger charge is -2.69. The van der Waals surface area contributed by atoms with Crippen LogP contribution in [0.25, 0.3) is 10.9 Å². The number of aromatic nitrogens is 1. The largest absolute Gasteiger partial charge is 0.490 e. The highest BCUT2D eigenvalue weighted by atomic mass is 19.1. The number of pyridine rings is 1. The topological polar surface area (TPSA) is 77.2 Å². The molecule has 1 amide bonds. The van der Waals surface area contributed by atoms with Crippen LogP contribution in [0.15, 0.2) is 30.5 Å². The molecule has 2 aromatic rings. The number of ether oxygens (including phenoxy) is 1. The molecule has 0 aliphatic heterocycles. The highest BCUT2D eigenvalue weighted by Gasteiger charge is 2.67. The molecule has 1 aromatic carbocycles. The number of fused-ring (bicyclic) bond motifs is 2. The van der Waals surface area contributed by atoms with Gasteiger partial charge in [-0.1, -0.05) is 6.92 Å². The molecule has 1 aromatic heterocycles. The van der Waals surface area contributed by atoms with Gasteiger partial charge in [0.05, 0.1) is 11.6 Å². The normalized spacial score (nSPS) is 39.8. The molecule has 1 unspecified atom stereocenters. The lowest BCUT2D eigenvalue weighted by molar-refractivity contribution is -0.140. The quantitative estimate of drug-likeness (QED) is 0.815. The van der Waals surface area contributed by atoms with E-state index < -0.39 is 0 Å². The van der Waals surface area contributed by atoms with E-state index in [1.807, 2.05) is 6.07 Å². The summed E-state index contributed by atoms with van der Waals surface area (Å²) < 4.78 is 19.9. The summed E-state index contributed by atoms with van der Waals surface area (Å²) >= 11 is 0. The van der Waals surface area contributed by atoms with Crippen LogP contribution in [0.2, 0.25) is 0 Å². The van der Waals surface area contributed by atoms with Crippen LogP contribution in [0.5, 0.6) is 5.75 Å². The van der Waals surface area contributed by atoms with E-state index in [2.05, 4.69) is 17.2 Å². The van der Waals surface area contributed by atoms with E-state index in [1.165, 1.54) is 12.1 Å². The van der Waals surface area contributed by atoms with Gasteiger partial charge in [-0.2, -0.15) is 0 Å². The van der Waals surface area contributed by atoms with Crippen LogP contribution in [0.3, 0.4) is 0 Å². The lowest BCUT2D eigenvalue weighted by atomic mass is 9.44. The van der Waals surface area contributed by atoms with Gasteiger partial charge in [0.2, 0.25) is 5.91 Å². The summed E-state index contributed by atoms with van der Waals surface area (Å²) in [6.07, 6.45) is 6.56. The van der Waals surface area contributed by atoms with Crippen molar-refractivity contribution in [3.63, 3.8) is 0 Å². The Bertz CT molecular complexity index is 993. The number of benzene rings is 1. The van der Waals surface area contributed by atoms with E-state index >= 15 is 0 Å². The van der Waals surface area contributed by atoms with Crippen molar-refractivity contribution >= 4 is 16.8 Å². The van der Waals surface area contributed by atoms with Crippen molar-refractivity contribution in [3.8, 4) is 5.75 Å². The number of hydrogen-bond donors (Lipinski definition) is 2. The van der Waals surface area contributed by atoms with Crippen LogP contribution >= 0.6 is 0 Å². The number of nitrogens with two attached hydrogens (primary N) is 1. The Hall–Kier alpha value is -2.21. The predicted octanol–water partition coefficient (Wildman–Crippen LogP) is 3.16. The summed E-state index contributed by atoms with van der Waals surface area (Å²) in [6.45, 7) is 2.07. The highest BCUT2D eigenvalue weighted by Crippen LogP contribution is 2.62. The standard InChI is InChI=1S/C23H26FN3O2/c1-12(21(28)27-23-9-22(25,10-23)11-23)20-15-7-14(8-16(15)20)29-19-4-5-26-18-3-2-13(24)6-17(18)19/h2-6,12,14-16,20H,7-11,25H2,1H3,(H,27,28)/t12?,14-,15-,16+,20+,22?,23?. The summed E-state index contributed by atoms with van der Waals surface area (Å²) in [5.74, 6) is 2.22. The molecule has 5 nitrogen and oxygen atoms in total. The molecule has 0 spiro atoms. The van der Waals surface area contributed by atoms with E-state index in [1.54, 1.807) is 12.3 Å². The molecule has 5 atom stereocenters. The predicted molar refractivity (Wildman–Crippen MR) is 107 cm³/mol. The Labute approximate surface area is 169 Å². The van der Waals surface area contributed by atoms with Gasteiger partial charge < -0.3 is 15.8 Å². The number of hydrogen-bond acceptors (Lipinski definition) is 4. The van der Waals surface area contributed by atoms with Crippen LogP contribution < -0.4 is 15.8 Å². The second-order valence-corrected chi connectivity index (χ2v) is 10.0. The Balaban J connectivity index is 1.07. The molecule has 7 rings (SSSR count). The van der Waals surface area contributed by atoms with Gasteiger partial charge in [-0.25, -0.2) is 4.39 Å². The lowest BCUT2D eigenvalue weighted by Crippen LogP contribution is -2.82. The average Bonchev–Trinajstić information content (AvgIpc) is 3.14. The Morgan fingerprint density at radius 3 is 2.69 bits per heavy atom. The molecule has 6 heteroatoms. The van der Waals surface area contributed by atoms with E-state index in [-0.39, 0.29) is 34.8 Å². The van der Waals surface area contributed by atoms with Gasteiger partial charge >= 0.3 is 0 Å². The first kappa shape index (κ1) is 17.6. The molecule has 5 aliphatic carbocycles. The number of amides is 1. The highest BCUT2D eigenvalue weighted by molar-refractivity contribution is 5.84. The molecule has 1 heterocycles. The first-order chi connectivity index (χ1) is 13.8. The fraction of sp³-hybridized carbons (Fsp3) is 0.565. The summed E-state index contributed by atoms with van der Waals surface area (Å²) in [7, 11) is 0. The van der Waals surface area contributed by atoms with E-state index in [0.29, 0.717) is 28.9 Å². The summed E-state index contributed by atoms with van der Waals surface area (Å²) in [4.78, 5) is 17.0. The number of nitrogens with zero attached hydrogens (tertiary/aromatic N) is 1. The summed E-state index contributed by atoms with van der Waals surface area (Å²) in [5.41, 5.74) is 6.86. The summed E-state index contributed by atoms with van der Waals surface area (Å²) in [6, 6.07) is 6.39. The second kappa shape index (κ2) is 5.69. The van der Waals surface area contributed by atoms with Crippen molar-refractivity contribution in [2.75, 3.05) is 0 Å². The van der Waals surface area contributed by atoms with Gasteiger partial charge in [0.15, 0.2) is 0 Å². The Morgan fingerprint density at radius 1 is 1.28 bits per heavy atom. The third-order valence-corrected chi connectivity index (χ3v) is 7.88. The van der Waals surface area contributed by atoms with Crippen molar-refractivity contribution in [2.24, 2.45) is 29.4 Å². The first-order valence-electron chi connectivity index (χ1n) is 10.7. The van der Waals surface area contributed by atoms with Gasteiger partial charge in [0.25, 0.3) is 0 Å². The minimum absolute atomic E-state index is 0.00736. The molecular formula is C23H26FN3O2. The van der Waals surface area contributed by atoms with Crippen molar-refractivity contribution in [2.45, 2.75) is 56.2 Å². The average molecular weight is 395 g/mol. The van der Waals surface area contributed by atoms with Gasteiger partial charge in [-0.3, -0.25) is 9.78 Å². The summed E-state index contributed by atoms with van der Waals surface area (Å²) in [5, 5.41) is 3.99. The molecule has 5 fully saturated rings. The van der Waals surface area contributed by atoms with Gasteiger partial charge in [-0.05, 0) is 74.1 Å². The molecule has 0 saturated heterocycles. The zero-order valence-corrected chi connectivity index (χ0v) is 16.5. The maximum atomic E-state index is 13.7. The minimum Gasteiger partial charge on any atom is -0.490 e. The minimum atomic E-state index is -0.284. The Kier molecular flexibility index (Phi) is 3.46. The molecule has 152 valence electrons. The van der Waals surface area contributed by atoms with Crippen LogP contribution in [0.1, 0.15) is 39.0 Å². The fourth-order valence-corrected chi connectivity index (χ4v) is 6.60. The van der Waals surface area contributed by atoms with E-state index in [4.69, 9.17) is 10.5 Å². The molecule has 29 heavy (non-hydrogen) atoms. The molecule has 5 aliphatic rings. The monoisotopic (exact) mass is 395 g/mol. The van der Waals surface area contributed by atoms with Crippen molar-refractivity contribution in [1.29, 1.82) is 0 Å². The van der Waals surface area contributed by atoms with Gasteiger partial charge in [0.1, 0.15) is 11.6 Å². The fourth-order valence-electron chi connectivity index (χ4n) is 6.60. The van der Waals surface area contributed by atoms with E-state index in [0.717, 1.165) is 37.6 Å². The first-order valence-corrected chi connectivity index (χ1v) is 10.7. The van der Waals surface area contributed by atoms with Crippen LogP contribution in [-0.2, 0) is 4.79 Å². The smallest absolute Gasteiger partial charge is 0.223 e. The number of carbonyl (C=O) groups excluding carboxylic acids is 1. The number of carbonyl (C=O) groups is 1. The van der Waals surface area contributed by atoms with Crippen LogP contribution in [0, 0.1) is 29.5 Å². The third-order valence-electron chi connectivity index (χ3n) is 7.88. The van der Waals surface area contributed by atoms with Crippen molar-refractivity contribution in [1.82, 2.24) is 10.3 Å². The SMILES string of the molecule is CC(C(=O)NC12CC(N)(C1)C2)[C@H]1[C@@H]2C[C@@H](Oc3ccnc4ccc(F)cc34)C[C@@H]21. The van der Waals surface area contributed by atoms with Crippen LogP contribution in [-0.4, -0.2) is 28.1 Å². The molecule has 3 N–H and O–H groups in total. The van der Waals surface area contributed by atoms with E-state index in [9.17, 15) is 9.18 Å². The zero-order chi connectivity index (χ0) is 20.0. The molecular weight excluding hydrogens is 369 g/mol. The maximum absolute atomic E-state index is 13.7. The number of nitrogens with one attached hydrogen (secondary N) is 1. The molecule has 5 saturated carbocycles. The van der Waals surface area contributed by atoms with Crippen LogP contribution in [0.4, 0.5) is 4.39 Å². The third kappa shape index (κ3) is 2.68. The molecule has 2 bridgehead atoms. The van der Waals surface area contributed by atoms with Gasteiger partial charge in [0, 0.05) is 28.6 Å². The maximum Gasteiger partial charge on any atom is 0.223 e. The Morgan fingerprint density at radius 2 is 2.00 bits per heavy atom. The number of halogens is 1. The van der Waals surface area contributed by atoms with Gasteiger partial charge in [-0.15, -0.1) is 0 Å². The second-order valence-electron chi connectivity index (χ2n) is 10.0. The van der Waals surface area contributed by atoms with Crippen molar-refractivity contribution < 1.29 is 13.9 Å².